The largest absolute Gasteiger partial charge is 0.495 e. The molecule has 7 heteroatoms. The van der Waals surface area contributed by atoms with Gasteiger partial charge in [-0.15, -0.1) is 11.3 Å². The van der Waals surface area contributed by atoms with E-state index in [0.717, 1.165) is 30.3 Å². The molecule has 2 atom stereocenters. The number of hydrogen-bond donors (Lipinski definition) is 1. The minimum absolute atomic E-state index is 0.0935. The Labute approximate surface area is 158 Å². The van der Waals surface area contributed by atoms with Crippen LogP contribution >= 0.6 is 11.3 Å². The summed E-state index contributed by atoms with van der Waals surface area (Å²) < 4.78 is 11.0. The molecular weight excluding hydrogens is 350 g/mol. The van der Waals surface area contributed by atoms with Gasteiger partial charge in [0.15, 0.2) is 0 Å². The van der Waals surface area contributed by atoms with Crippen LogP contribution in [0.25, 0.3) is 0 Å². The molecule has 1 aromatic carbocycles. The molecule has 1 N–H and O–H groups in total. The van der Waals surface area contributed by atoms with Crippen LogP contribution < -0.4 is 10.1 Å². The van der Waals surface area contributed by atoms with Crippen LogP contribution in [0.4, 0.5) is 5.69 Å². The molecule has 1 saturated heterocycles. The van der Waals surface area contributed by atoms with E-state index in [9.17, 15) is 4.79 Å². The van der Waals surface area contributed by atoms with Gasteiger partial charge in [0.1, 0.15) is 10.8 Å². The highest BCUT2D eigenvalue weighted by Crippen LogP contribution is 2.23. The zero-order valence-electron chi connectivity index (χ0n) is 15.4. The van der Waals surface area contributed by atoms with E-state index in [1.54, 1.807) is 7.11 Å². The number of nitrogens with zero attached hydrogens (tertiary/aromatic N) is 2. The Morgan fingerprint density at radius 2 is 2.08 bits per heavy atom. The van der Waals surface area contributed by atoms with Gasteiger partial charge >= 0.3 is 0 Å². The maximum atomic E-state index is 12.3. The molecule has 1 aliphatic heterocycles. The molecule has 26 heavy (non-hydrogen) atoms. The smallest absolute Gasteiger partial charge is 0.231 e. The van der Waals surface area contributed by atoms with Gasteiger partial charge in [0.2, 0.25) is 5.91 Å². The number of carbonyl (C=O) groups excluding carboxylic acids is 1. The molecule has 1 aliphatic rings. The Morgan fingerprint density at radius 3 is 2.81 bits per heavy atom. The number of carbonyl (C=O) groups is 1. The van der Waals surface area contributed by atoms with Gasteiger partial charge in [0.05, 0.1) is 37.1 Å². The maximum absolute atomic E-state index is 12.3. The summed E-state index contributed by atoms with van der Waals surface area (Å²) in [6.45, 7) is 6.80. The molecule has 0 aliphatic carbocycles. The quantitative estimate of drug-likeness (QED) is 0.841. The third kappa shape index (κ3) is 5.03. The number of nitrogens with one attached hydrogen (secondary N) is 1. The predicted molar refractivity (Wildman–Crippen MR) is 103 cm³/mol. The van der Waals surface area contributed by atoms with E-state index in [2.05, 4.69) is 29.0 Å². The molecular formula is C19H25N3O3S. The molecule has 0 unspecified atom stereocenters. The van der Waals surface area contributed by atoms with E-state index >= 15 is 0 Å². The molecule has 1 aromatic heterocycles. The first-order chi connectivity index (χ1) is 12.5. The standard InChI is InChI=1S/C19H25N3O3S/c1-13-9-22(10-14(2)25-13)11-15-12-26-19(20-15)8-18(23)21-16-6-4-5-7-17(16)24-3/h4-7,12-14H,8-11H2,1-3H3,(H,21,23)/t13-,14-/m0/s1. The fourth-order valence-electron chi connectivity index (χ4n) is 3.22. The third-order valence-corrected chi connectivity index (χ3v) is 5.07. The van der Waals surface area contributed by atoms with Gasteiger partial charge < -0.3 is 14.8 Å². The van der Waals surface area contributed by atoms with E-state index in [1.165, 1.54) is 11.3 Å². The fraction of sp³-hybridized carbons (Fsp3) is 0.474. The second-order valence-electron chi connectivity index (χ2n) is 6.61. The molecule has 6 nitrogen and oxygen atoms in total. The lowest BCUT2D eigenvalue weighted by molar-refractivity contribution is -0.115. The van der Waals surface area contributed by atoms with E-state index in [-0.39, 0.29) is 24.5 Å². The maximum Gasteiger partial charge on any atom is 0.231 e. The van der Waals surface area contributed by atoms with Gasteiger partial charge in [-0.2, -0.15) is 0 Å². The summed E-state index contributed by atoms with van der Waals surface area (Å²) >= 11 is 1.53. The predicted octanol–water partition coefficient (Wildman–Crippen LogP) is 2.94. The van der Waals surface area contributed by atoms with Crippen LogP contribution in [0, 0.1) is 0 Å². The van der Waals surface area contributed by atoms with E-state index in [4.69, 9.17) is 9.47 Å². The Kier molecular flexibility index (Phi) is 6.24. The highest BCUT2D eigenvalue weighted by Gasteiger charge is 2.22. The summed E-state index contributed by atoms with van der Waals surface area (Å²) in [7, 11) is 1.59. The number of benzene rings is 1. The number of para-hydroxylation sites is 2. The summed E-state index contributed by atoms with van der Waals surface area (Å²) in [5.74, 6) is 0.556. The second-order valence-corrected chi connectivity index (χ2v) is 7.55. The lowest BCUT2D eigenvalue weighted by atomic mass is 10.2. The van der Waals surface area contributed by atoms with Crippen molar-refractivity contribution in [2.45, 2.75) is 39.0 Å². The van der Waals surface area contributed by atoms with Crippen LogP contribution in [0.5, 0.6) is 5.75 Å². The topological polar surface area (TPSA) is 63.7 Å². The molecule has 1 fully saturated rings. The van der Waals surface area contributed by atoms with Crippen LogP contribution in [0.2, 0.25) is 0 Å². The van der Waals surface area contributed by atoms with Crippen molar-refractivity contribution in [3.63, 3.8) is 0 Å². The summed E-state index contributed by atoms with van der Waals surface area (Å²) in [4.78, 5) is 19.3. The molecule has 140 valence electrons. The van der Waals surface area contributed by atoms with Crippen molar-refractivity contribution >= 4 is 22.9 Å². The molecule has 0 spiro atoms. The first-order valence-electron chi connectivity index (χ1n) is 8.77. The van der Waals surface area contributed by atoms with Crippen molar-refractivity contribution in [1.82, 2.24) is 9.88 Å². The van der Waals surface area contributed by atoms with Crippen molar-refractivity contribution in [3.05, 3.63) is 40.3 Å². The van der Waals surface area contributed by atoms with Gasteiger partial charge in [-0.25, -0.2) is 4.98 Å². The first-order valence-corrected chi connectivity index (χ1v) is 9.65. The van der Waals surface area contributed by atoms with Crippen LogP contribution in [-0.2, 0) is 22.5 Å². The molecule has 0 saturated carbocycles. The number of rotatable bonds is 6. The third-order valence-electron chi connectivity index (χ3n) is 4.17. The minimum atomic E-state index is -0.0935. The van der Waals surface area contributed by atoms with E-state index in [0.29, 0.717) is 11.4 Å². The number of aromatic nitrogens is 1. The number of ether oxygens (including phenoxy) is 2. The Morgan fingerprint density at radius 1 is 1.35 bits per heavy atom. The Hall–Kier alpha value is -1.96. The highest BCUT2D eigenvalue weighted by atomic mass is 32.1. The summed E-state index contributed by atoms with van der Waals surface area (Å²) in [5, 5.41) is 5.75. The monoisotopic (exact) mass is 375 g/mol. The van der Waals surface area contributed by atoms with Crippen molar-refractivity contribution in [1.29, 1.82) is 0 Å². The van der Waals surface area contributed by atoms with Gasteiger partial charge in [0.25, 0.3) is 0 Å². The number of thiazole rings is 1. The van der Waals surface area contributed by atoms with Crippen molar-refractivity contribution in [3.8, 4) is 5.75 Å². The average Bonchev–Trinajstić information content (AvgIpc) is 3.01. The van der Waals surface area contributed by atoms with Crippen LogP contribution in [0.3, 0.4) is 0 Å². The highest BCUT2D eigenvalue weighted by molar-refractivity contribution is 7.09. The van der Waals surface area contributed by atoms with Crippen LogP contribution in [0.15, 0.2) is 29.6 Å². The fourth-order valence-corrected chi connectivity index (χ4v) is 4.01. The minimum Gasteiger partial charge on any atom is -0.495 e. The van der Waals surface area contributed by atoms with E-state index in [1.807, 2.05) is 29.6 Å². The number of hydrogen-bond acceptors (Lipinski definition) is 6. The first kappa shape index (κ1) is 18.8. The van der Waals surface area contributed by atoms with Gasteiger partial charge in [-0.1, -0.05) is 12.1 Å². The van der Waals surface area contributed by atoms with Gasteiger partial charge in [0, 0.05) is 25.0 Å². The zero-order chi connectivity index (χ0) is 18.5. The number of anilines is 1. The summed E-state index contributed by atoms with van der Waals surface area (Å²) in [6, 6.07) is 7.38. The van der Waals surface area contributed by atoms with Gasteiger partial charge in [-0.05, 0) is 26.0 Å². The molecule has 3 rings (SSSR count). The Bertz CT molecular complexity index is 739. The van der Waals surface area contributed by atoms with Crippen LogP contribution in [-0.4, -0.2) is 48.2 Å². The van der Waals surface area contributed by atoms with Crippen molar-refractivity contribution < 1.29 is 14.3 Å². The molecule has 0 bridgehead atoms. The van der Waals surface area contributed by atoms with Crippen molar-refractivity contribution in [2.75, 3.05) is 25.5 Å². The zero-order valence-corrected chi connectivity index (χ0v) is 16.2. The number of morpholine rings is 1. The summed E-state index contributed by atoms with van der Waals surface area (Å²) in [6.07, 6.45) is 0.741. The Balaban J connectivity index is 1.55. The van der Waals surface area contributed by atoms with Crippen molar-refractivity contribution in [2.24, 2.45) is 0 Å². The molecule has 1 amide bonds. The SMILES string of the molecule is COc1ccccc1NC(=O)Cc1nc(CN2C[C@H](C)O[C@@H](C)C2)cs1. The summed E-state index contributed by atoms with van der Waals surface area (Å²) in [5.41, 5.74) is 1.68. The van der Waals surface area contributed by atoms with E-state index < -0.39 is 0 Å². The lowest BCUT2D eigenvalue weighted by Crippen LogP contribution is -2.44. The number of methoxy groups -OCH3 is 1. The number of amides is 1. The lowest BCUT2D eigenvalue weighted by Gasteiger charge is -2.34. The van der Waals surface area contributed by atoms with Gasteiger partial charge in [-0.3, -0.25) is 9.69 Å². The van der Waals surface area contributed by atoms with Crippen LogP contribution in [0.1, 0.15) is 24.5 Å². The molecule has 2 heterocycles. The molecule has 2 aromatic rings. The average molecular weight is 375 g/mol. The normalized spacial score (nSPS) is 20.7. The molecule has 0 radical (unpaired) electrons. The second kappa shape index (κ2) is 8.62.